The zero-order chi connectivity index (χ0) is 106. The summed E-state index contributed by atoms with van der Waals surface area (Å²) < 4.78 is 36.8. The van der Waals surface area contributed by atoms with Gasteiger partial charge in [-0.3, -0.25) is 43.2 Å². The molecule has 4 unspecified atom stereocenters. The molecule has 0 fully saturated rings. The molecular weight excluding hydrogens is 1860 g/mol. The molecule has 0 heterocycles. The number of rotatable bonds is 108. The maximum atomic E-state index is 14.2. The highest BCUT2D eigenvalue weighted by molar-refractivity contribution is 8.14. The van der Waals surface area contributed by atoms with E-state index in [9.17, 15) is 43.2 Å². The molecule has 3 amide bonds. The molecule has 0 saturated heterocycles. The molecule has 4 atom stereocenters. The predicted octanol–water partition coefficient (Wildman–Crippen LogP) is 33.4. The summed E-state index contributed by atoms with van der Waals surface area (Å²) in [5.74, 6) is -1.03. The highest BCUT2D eigenvalue weighted by atomic mass is 32.2. The lowest BCUT2D eigenvalue weighted by Gasteiger charge is -2.25. The summed E-state index contributed by atoms with van der Waals surface area (Å²) >= 11 is 3.48. The first kappa shape index (κ1) is 140. The maximum Gasteiger partial charge on any atom is 0.326 e. The van der Waals surface area contributed by atoms with E-state index in [4.69, 9.17) is 28.4 Å². The first-order valence-corrected chi connectivity index (χ1v) is 63.6. The van der Waals surface area contributed by atoms with Gasteiger partial charge in [0.25, 0.3) is 15.7 Å². The van der Waals surface area contributed by atoms with E-state index in [0.29, 0.717) is 23.8 Å². The van der Waals surface area contributed by atoms with Crippen molar-refractivity contribution in [3.8, 4) is 0 Å². The third-order valence-electron chi connectivity index (χ3n) is 28.0. The third kappa shape index (κ3) is 92.8. The van der Waals surface area contributed by atoms with Crippen molar-refractivity contribution < 1.29 is 71.6 Å². The molecule has 0 bridgehead atoms. The second kappa shape index (κ2) is 106. The minimum Gasteiger partial charge on any atom is -0.461 e. The molecule has 0 aliphatic rings. The maximum absolute atomic E-state index is 14.2. The Hall–Kier alpha value is -4.10. The van der Waals surface area contributed by atoms with E-state index >= 15 is 0 Å². The van der Waals surface area contributed by atoms with E-state index in [2.05, 4.69) is 72.1 Å². The van der Waals surface area contributed by atoms with Crippen molar-refractivity contribution in [2.75, 3.05) is 124 Å². The Balaban J connectivity index is 5.61. The molecule has 0 radical (unpaired) electrons. The van der Waals surface area contributed by atoms with Crippen LogP contribution in [0.25, 0.3) is 0 Å². The van der Waals surface area contributed by atoms with Crippen LogP contribution >= 0.6 is 35.3 Å². The largest absolute Gasteiger partial charge is 0.461 e. The molecule has 0 aliphatic carbocycles. The molecule has 0 rings (SSSR count). The van der Waals surface area contributed by atoms with E-state index in [1.54, 1.807) is 0 Å². The fraction of sp³-hybridized carbons (Fsp3) is 0.908. The van der Waals surface area contributed by atoms with Crippen LogP contribution in [-0.4, -0.2) is 236 Å². The van der Waals surface area contributed by atoms with E-state index in [-0.39, 0.29) is 92.1 Å². The quantitative estimate of drug-likeness (QED) is 0.0238. The Labute approximate surface area is 899 Å². The normalized spacial score (nSPS) is 12.5. The van der Waals surface area contributed by atoms with Gasteiger partial charge in [-0.05, 0) is 208 Å². The van der Waals surface area contributed by atoms with Crippen molar-refractivity contribution in [1.82, 2.24) is 29.4 Å². The van der Waals surface area contributed by atoms with Crippen LogP contribution in [0, 0.1) is 0 Å². The average molecular weight is 2090 g/mol. The van der Waals surface area contributed by atoms with Gasteiger partial charge in [-0.25, -0.2) is 0 Å². The van der Waals surface area contributed by atoms with Crippen molar-refractivity contribution in [2.24, 2.45) is 0 Å². The molecule has 0 aromatic heterocycles. The molecule has 0 aromatic carbocycles. The molecule has 0 spiro atoms. The summed E-state index contributed by atoms with van der Waals surface area (Å²) in [6.45, 7) is 22.7. The summed E-state index contributed by atoms with van der Waals surface area (Å²) in [6, 6.07) is 0. The Morgan fingerprint density at radius 3 is 0.625 bits per heavy atom. The van der Waals surface area contributed by atoms with Gasteiger partial charge in [-0.1, -0.05) is 444 Å². The van der Waals surface area contributed by atoms with Crippen molar-refractivity contribution in [3.63, 3.8) is 0 Å². The fourth-order valence-corrected chi connectivity index (χ4v) is 21.3. The molecule has 0 aromatic rings. The first-order chi connectivity index (χ1) is 70.1. The number of thioether (sulfide) groups is 3. The lowest BCUT2D eigenvalue weighted by molar-refractivity contribution is -0.155. The summed E-state index contributed by atoms with van der Waals surface area (Å²) in [7, 11) is 7.95. The average Bonchev–Trinajstić information content (AvgIpc) is 0.879. The Bertz CT molecular complexity index is 2980. The number of nitrogens with zero attached hydrogens (tertiary/aromatic N) is 6. The fourth-order valence-electron chi connectivity index (χ4n) is 18.9. The lowest BCUT2D eigenvalue weighted by Crippen LogP contribution is -2.40. The smallest absolute Gasteiger partial charge is 0.326 e. The van der Waals surface area contributed by atoms with Crippen molar-refractivity contribution >= 4 is 86.8 Å². The number of esters is 6. The molecule has 846 valence electrons. The summed E-state index contributed by atoms with van der Waals surface area (Å²) in [5, 5.41) is -0.877. The number of unbranched alkanes of at least 4 members (excludes halogenated alkanes) is 55. The van der Waals surface area contributed by atoms with Gasteiger partial charge in [0, 0.05) is 23.8 Å². The molecule has 0 saturated carbocycles. The number of amides is 3. The zero-order valence-electron chi connectivity index (χ0n) is 95.9. The zero-order valence-corrected chi connectivity index (χ0v) is 98.4. The number of hydrogen-bond acceptors (Lipinski definition) is 21. The van der Waals surface area contributed by atoms with E-state index < -0.39 is 35.8 Å². The summed E-state index contributed by atoms with van der Waals surface area (Å²) in [6.07, 6.45) is 85.9. The van der Waals surface area contributed by atoms with Crippen LogP contribution in [0.5, 0.6) is 0 Å². The van der Waals surface area contributed by atoms with Crippen molar-refractivity contribution in [1.29, 1.82) is 0 Å². The molecular formula is C120H228N6O15S3. The standard InChI is InChI=1S/C120H228N6O15S3/c1-14-23-30-37-59-70-81-97-136-112(127)101-124(120(135)144-100-96-122(12)13)102-113(128)137-108(86-73-62-35-28-19-6)90-77-66-55-51-47-43-40-41-44-48-52-57-68-79-92-110(88-75-64-38-31-24-15-2)140-114(129)103-125(118(133)142-98-82-94-121(10)11)104-115(130)141-111(89-76-65-39-32-25-16-3)93-80-69-58-54-50-46-42-45-49-53-56-67-78-91-109(87-74-63-36-29-20-7)139-117(132)106-126(119(134)143-99-83-95-123(21-8)22-9)105-116(131)138-107(84-71-60-33-26-17-4)85-72-61-34-27-18-5/h70,81,107-111H,14-69,71-80,82-106H2,1-13H3/b81-70-. The van der Waals surface area contributed by atoms with Crippen molar-refractivity contribution in [2.45, 2.75) is 581 Å². The first-order valence-electron chi connectivity index (χ1n) is 60.7. The number of hydrogen-bond donors (Lipinski definition) is 0. The van der Waals surface area contributed by atoms with Crippen LogP contribution in [0.2, 0.25) is 0 Å². The van der Waals surface area contributed by atoms with Crippen LogP contribution in [0.3, 0.4) is 0 Å². The highest BCUT2D eigenvalue weighted by Crippen LogP contribution is 2.28. The minimum atomic E-state index is -0.534. The van der Waals surface area contributed by atoms with Gasteiger partial charge in [-0.2, -0.15) is 0 Å². The second-order valence-electron chi connectivity index (χ2n) is 42.4. The number of ether oxygens (including phenoxy) is 6. The van der Waals surface area contributed by atoms with Crippen LogP contribution in [-0.2, 0) is 57.2 Å². The Morgan fingerprint density at radius 1 is 0.215 bits per heavy atom. The summed E-state index contributed by atoms with van der Waals surface area (Å²) in [5.41, 5.74) is 0. The number of carbonyl (C=O) groups excluding carboxylic acids is 9. The van der Waals surface area contributed by atoms with Crippen LogP contribution in [0.4, 0.5) is 14.4 Å². The van der Waals surface area contributed by atoms with Gasteiger partial charge >= 0.3 is 35.8 Å². The SMILES string of the molecule is CCCCCC/C=C\COC(=O)CN(CC(=O)OC(CCCCCCC)CCCCCCCCCCCCCCCCC(CCCCCCCC)OC(=O)CN(CC(=O)OC(CCCCCCCC)CCCCCCCCCCCCCCCC(CCCCCCC)OC(=O)CN(CC(=O)OC(CCCCCCC)CCCCCCC)C(=O)SCCCN(CC)CC)C(=O)SCCCN(C)C)C(=O)SCCN(C)C. The van der Waals surface area contributed by atoms with Gasteiger partial charge < -0.3 is 57.8 Å². The van der Waals surface area contributed by atoms with E-state index in [1.165, 1.54) is 276 Å². The lowest BCUT2D eigenvalue weighted by atomic mass is 10.0. The number of allylic oxidation sites excluding steroid dienone is 1. The predicted molar refractivity (Wildman–Crippen MR) is 613 cm³/mol. The van der Waals surface area contributed by atoms with Gasteiger partial charge in [0.05, 0.1) is 0 Å². The monoisotopic (exact) mass is 2090 g/mol. The van der Waals surface area contributed by atoms with Gasteiger partial charge in [0.15, 0.2) is 0 Å². The van der Waals surface area contributed by atoms with Gasteiger partial charge in [0.2, 0.25) is 0 Å². The molecule has 0 aliphatic heterocycles. The van der Waals surface area contributed by atoms with Gasteiger partial charge in [0.1, 0.15) is 76.4 Å². The summed E-state index contributed by atoms with van der Waals surface area (Å²) in [4.78, 5) is 135. The topological polar surface area (TPSA) is 228 Å². The molecule has 24 heteroatoms. The second-order valence-corrected chi connectivity index (χ2v) is 45.6. The Kier molecular flexibility index (Phi) is 103. The van der Waals surface area contributed by atoms with Crippen LogP contribution in [0.1, 0.15) is 550 Å². The molecule has 0 N–H and O–H groups in total. The number of carbonyl (C=O) groups is 9. The van der Waals surface area contributed by atoms with Gasteiger partial charge in [-0.15, -0.1) is 0 Å². The molecule has 21 nitrogen and oxygen atoms in total. The van der Waals surface area contributed by atoms with E-state index in [1.807, 2.05) is 45.2 Å². The minimum absolute atomic E-state index is 0.141. The Morgan fingerprint density at radius 2 is 0.410 bits per heavy atom. The van der Waals surface area contributed by atoms with Crippen LogP contribution in [0.15, 0.2) is 12.2 Å². The van der Waals surface area contributed by atoms with Crippen LogP contribution < -0.4 is 0 Å². The van der Waals surface area contributed by atoms with E-state index in [0.717, 1.165) is 288 Å². The highest BCUT2D eigenvalue weighted by Gasteiger charge is 2.30. The molecule has 144 heavy (non-hydrogen) atoms. The third-order valence-corrected chi connectivity index (χ3v) is 30.9. The van der Waals surface area contributed by atoms with Crippen molar-refractivity contribution in [3.05, 3.63) is 12.2 Å².